The van der Waals surface area contributed by atoms with Crippen LogP contribution >= 0.6 is 0 Å². The number of ether oxygens (including phenoxy) is 1. The fraction of sp³-hybridized carbons (Fsp3) is 0.647. The predicted molar refractivity (Wildman–Crippen MR) is 81.9 cm³/mol. The van der Waals surface area contributed by atoms with Gasteiger partial charge in [0.1, 0.15) is 5.75 Å². The summed E-state index contributed by atoms with van der Waals surface area (Å²) in [5.74, 6) is 1.81. The lowest BCUT2D eigenvalue weighted by Gasteiger charge is -2.21. The molecule has 19 heavy (non-hydrogen) atoms. The van der Waals surface area contributed by atoms with Gasteiger partial charge in [-0.15, -0.1) is 0 Å². The first kappa shape index (κ1) is 14.2. The maximum Gasteiger partial charge on any atom is 0.121 e. The Hall–Kier alpha value is -1.18. The number of benzene rings is 1. The van der Waals surface area contributed by atoms with Crippen molar-refractivity contribution in [3.05, 3.63) is 24.3 Å². The Kier molecular flexibility index (Phi) is 5.12. The van der Waals surface area contributed by atoms with Crippen molar-refractivity contribution >= 4 is 5.69 Å². The van der Waals surface area contributed by atoms with Gasteiger partial charge in [0.05, 0.1) is 6.10 Å². The maximum absolute atomic E-state index is 5.88. The smallest absolute Gasteiger partial charge is 0.121 e. The van der Waals surface area contributed by atoms with Gasteiger partial charge >= 0.3 is 0 Å². The van der Waals surface area contributed by atoms with E-state index in [4.69, 9.17) is 4.74 Å². The maximum atomic E-state index is 5.88. The number of anilines is 1. The average Bonchev–Trinajstić information content (AvgIpc) is 2.86. The summed E-state index contributed by atoms with van der Waals surface area (Å²) < 4.78 is 5.88. The van der Waals surface area contributed by atoms with Crippen molar-refractivity contribution in [2.45, 2.75) is 65.0 Å². The van der Waals surface area contributed by atoms with Crippen LogP contribution in [0.3, 0.4) is 0 Å². The Labute approximate surface area is 117 Å². The summed E-state index contributed by atoms with van der Waals surface area (Å²) in [4.78, 5) is 0. The lowest BCUT2D eigenvalue weighted by Crippen LogP contribution is -2.23. The fourth-order valence-electron chi connectivity index (χ4n) is 2.90. The molecule has 3 unspecified atom stereocenters. The Morgan fingerprint density at radius 1 is 1.32 bits per heavy atom. The number of hydrogen-bond acceptors (Lipinski definition) is 2. The highest BCUT2D eigenvalue weighted by Crippen LogP contribution is 2.31. The van der Waals surface area contributed by atoms with Crippen LogP contribution < -0.4 is 10.1 Å². The molecule has 1 aromatic rings. The molecule has 2 nitrogen and oxygen atoms in total. The molecule has 3 atom stereocenters. The van der Waals surface area contributed by atoms with Gasteiger partial charge in [-0.3, -0.25) is 0 Å². The molecule has 2 heteroatoms. The summed E-state index contributed by atoms with van der Waals surface area (Å²) in [6.45, 7) is 6.56. The van der Waals surface area contributed by atoms with Gasteiger partial charge in [0.25, 0.3) is 0 Å². The summed E-state index contributed by atoms with van der Waals surface area (Å²) in [5, 5.41) is 3.69. The molecule has 1 aliphatic carbocycles. The van der Waals surface area contributed by atoms with Gasteiger partial charge in [-0.25, -0.2) is 0 Å². The lowest BCUT2D eigenvalue weighted by atomic mass is 10.0. The molecule has 0 saturated heterocycles. The van der Waals surface area contributed by atoms with Crippen molar-refractivity contribution in [1.29, 1.82) is 0 Å². The van der Waals surface area contributed by atoms with Gasteiger partial charge in [-0.2, -0.15) is 0 Å². The van der Waals surface area contributed by atoms with E-state index in [1.165, 1.54) is 31.4 Å². The SMILES string of the molecule is CCC(C)Oc1cccc(NC2CCCC2CC)c1. The first-order chi connectivity index (χ1) is 9.22. The Bertz CT molecular complexity index is 391. The summed E-state index contributed by atoms with van der Waals surface area (Å²) >= 11 is 0. The molecule has 1 aromatic carbocycles. The normalized spacial score (nSPS) is 24.2. The summed E-state index contributed by atoms with van der Waals surface area (Å²) in [6.07, 6.45) is 6.63. The highest BCUT2D eigenvalue weighted by atomic mass is 16.5. The molecule has 0 amide bonds. The average molecular weight is 261 g/mol. The van der Waals surface area contributed by atoms with Crippen LogP contribution in [0.15, 0.2) is 24.3 Å². The van der Waals surface area contributed by atoms with E-state index in [2.05, 4.69) is 44.3 Å². The zero-order valence-corrected chi connectivity index (χ0v) is 12.5. The van der Waals surface area contributed by atoms with Crippen LogP contribution in [0.5, 0.6) is 5.75 Å². The van der Waals surface area contributed by atoms with Crippen LogP contribution in [-0.4, -0.2) is 12.1 Å². The molecule has 2 rings (SSSR count). The topological polar surface area (TPSA) is 21.3 Å². The molecule has 0 spiro atoms. The second kappa shape index (κ2) is 6.83. The van der Waals surface area contributed by atoms with Gasteiger partial charge < -0.3 is 10.1 Å². The molecule has 1 fully saturated rings. The van der Waals surface area contributed by atoms with Gasteiger partial charge in [0, 0.05) is 17.8 Å². The predicted octanol–water partition coefficient (Wildman–Crippen LogP) is 4.85. The van der Waals surface area contributed by atoms with E-state index in [0.29, 0.717) is 6.04 Å². The van der Waals surface area contributed by atoms with Crippen molar-refractivity contribution in [2.75, 3.05) is 5.32 Å². The largest absolute Gasteiger partial charge is 0.491 e. The van der Waals surface area contributed by atoms with Gasteiger partial charge in [0.15, 0.2) is 0 Å². The molecular weight excluding hydrogens is 234 g/mol. The van der Waals surface area contributed by atoms with Crippen molar-refractivity contribution in [3.63, 3.8) is 0 Å². The summed E-state index contributed by atoms with van der Waals surface area (Å²) in [5.41, 5.74) is 1.20. The second-order valence-corrected chi connectivity index (χ2v) is 5.71. The van der Waals surface area contributed by atoms with Gasteiger partial charge in [-0.05, 0) is 44.2 Å². The van der Waals surface area contributed by atoms with Crippen LogP contribution in [0.4, 0.5) is 5.69 Å². The Balaban J connectivity index is 1.98. The van der Waals surface area contributed by atoms with E-state index in [1.807, 2.05) is 6.07 Å². The molecule has 0 aromatic heterocycles. The van der Waals surface area contributed by atoms with Crippen LogP contribution in [0.1, 0.15) is 52.9 Å². The zero-order valence-electron chi connectivity index (χ0n) is 12.5. The van der Waals surface area contributed by atoms with Crippen molar-refractivity contribution in [3.8, 4) is 5.75 Å². The fourth-order valence-corrected chi connectivity index (χ4v) is 2.90. The van der Waals surface area contributed by atoms with E-state index in [-0.39, 0.29) is 6.10 Å². The first-order valence-corrected chi connectivity index (χ1v) is 7.76. The Morgan fingerprint density at radius 3 is 2.89 bits per heavy atom. The van der Waals surface area contributed by atoms with E-state index in [9.17, 15) is 0 Å². The minimum atomic E-state index is 0.283. The van der Waals surface area contributed by atoms with E-state index in [0.717, 1.165) is 18.1 Å². The van der Waals surface area contributed by atoms with Gasteiger partial charge in [0.2, 0.25) is 0 Å². The number of nitrogens with one attached hydrogen (secondary N) is 1. The number of hydrogen-bond donors (Lipinski definition) is 1. The molecule has 106 valence electrons. The van der Waals surface area contributed by atoms with Crippen LogP contribution in [-0.2, 0) is 0 Å². The molecule has 0 aliphatic heterocycles. The monoisotopic (exact) mass is 261 g/mol. The minimum Gasteiger partial charge on any atom is -0.491 e. The van der Waals surface area contributed by atoms with Crippen LogP contribution in [0.25, 0.3) is 0 Å². The third-order valence-corrected chi connectivity index (χ3v) is 4.28. The third kappa shape index (κ3) is 3.89. The van der Waals surface area contributed by atoms with Crippen molar-refractivity contribution < 1.29 is 4.74 Å². The van der Waals surface area contributed by atoms with Crippen LogP contribution in [0, 0.1) is 5.92 Å². The highest BCUT2D eigenvalue weighted by Gasteiger charge is 2.25. The third-order valence-electron chi connectivity index (χ3n) is 4.28. The molecule has 0 bridgehead atoms. The van der Waals surface area contributed by atoms with Gasteiger partial charge in [-0.1, -0.05) is 32.8 Å². The van der Waals surface area contributed by atoms with Crippen molar-refractivity contribution in [1.82, 2.24) is 0 Å². The Morgan fingerprint density at radius 2 is 2.16 bits per heavy atom. The molecule has 0 radical (unpaired) electrons. The molecular formula is C17H27NO. The zero-order chi connectivity index (χ0) is 13.7. The molecule has 1 N–H and O–H groups in total. The highest BCUT2D eigenvalue weighted by molar-refractivity contribution is 5.49. The summed E-state index contributed by atoms with van der Waals surface area (Å²) in [7, 11) is 0. The number of rotatable bonds is 6. The first-order valence-electron chi connectivity index (χ1n) is 7.76. The molecule has 1 aliphatic rings. The second-order valence-electron chi connectivity index (χ2n) is 5.71. The van der Waals surface area contributed by atoms with E-state index >= 15 is 0 Å². The molecule has 0 heterocycles. The lowest BCUT2D eigenvalue weighted by molar-refractivity contribution is 0.217. The quantitative estimate of drug-likeness (QED) is 0.790. The molecule has 1 saturated carbocycles. The van der Waals surface area contributed by atoms with Crippen molar-refractivity contribution in [2.24, 2.45) is 5.92 Å². The standard InChI is InChI=1S/C17H27NO/c1-4-13(3)19-16-10-7-9-15(12-16)18-17-11-6-8-14(17)5-2/h7,9-10,12-14,17-18H,4-6,8,11H2,1-3H3. The van der Waals surface area contributed by atoms with E-state index < -0.39 is 0 Å². The van der Waals surface area contributed by atoms with E-state index in [1.54, 1.807) is 0 Å². The minimum absolute atomic E-state index is 0.283. The summed E-state index contributed by atoms with van der Waals surface area (Å²) in [6, 6.07) is 9.05. The van der Waals surface area contributed by atoms with Crippen LogP contribution in [0.2, 0.25) is 0 Å².